The number of Topliss-reactive ketones (excluding diaryl/α,β-unsaturated/α-hetero) is 1. The number of amides is 1. The Labute approximate surface area is 154 Å². The lowest BCUT2D eigenvalue weighted by molar-refractivity contribution is -0.127. The first-order valence-corrected chi connectivity index (χ1v) is 11.1. The van der Waals surface area contributed by atoms with Crippen molar-refractivity contribution < 1.29 is 9.59 Å². The van der Waals surface area contributed by atoms with Crippen molar-refractivity contribution in [2.75, 3.05) is 11.5 Å². The minimum absolute atomic E-state index is 0.0404. The van der Waals surface area contributed by atoms with Crippen LogP contribution >= 0.6 is 11.8 Å². The van der Waals surface area contributed by atoms with Crippen LogP contribution in [0.4, 0.5) is 0 Å². The SMILES string of the molecule is CCCCCCCCCCCC(=O)NC(CCSCCC)C(C)=O. The Morgan fingerprint density at radius 1 is 0.833 bits per heavy atom. The minimum atomic E-state index is -0.291. The second kappa shape index (κ2) is 17.3. The van der Waals surface area contributed by atoms with Crippen LogP contribution in [-0.4, -0.2) is 29.2 Å². The first-order valence-electron chi connectivity index (χ1n) is 9.99. The first-order chi connectivity index (χ1) is 11.6. The molecule has 0 aromatic heterocycles. The number of hydrogen-bond donors (Lipinski definition) is 1. The number of unbranched alkanes of at least 4 members (excludes halogenated alkanes) is 8. The van der Waals surface area contributed by atoms with Gasteiger partial charge in [-0.05, 0) is 37.7 Å². The van der Waals surface area contributed by atoms with Gasteiger partial charge in [0.1, 0.15) is 0 Å². The van der Waals surface area contributed by atoms with Crippen molar-refractivity contribution in [2.45, 2.75) is 104 Å². The highest BCUT2D eigenvalue weighted by molar-refractivity contribution is 7.99. The molecule has 142 valence electrons. The molecule has 0 aliphatic rings. The number of hydrogen-bond acceptors (Lipinski definition) is 3. The van der Waals surface area contributed by atoms with E-state index in [1.807, 2.05) is 11.8 Å². The van der Waals surface area contributed by atoms with Crippen molar-refractivity contribution in [3.63, 3.8) is 0 Å². The summed E-state index contributed by atoms with van der Waals surface area (Å²) < 4.78 is 0. The van der Waals surface area contributed by atoms with Gasteiger partial charge in [0.25, 0.3) is 0 Å². The summed E-state index contributed by atoms with van der Waals surface area (Å²) in [5.74, 6) is 2.18. The Balaban J connectivity index is 3.64. The highest BCUT2D eigenvalue weighted by atomic mass is 32.2. The maximum Gasteiger partial charge on any atom is 0.220 e. The summed E-state index contributed by atoms with van der Waals surface area (Å²) in [6.07, 6.45) is 13.7. The van der Waals surface area contributed by atoms with Gasteiger partial charge < -0.3 is 5.32 Å². The molecule has 3 nitrogen and oxygen atoms in total. The first kappa shape index (κ1) is 23.5. The van der Waals surface area contributed by atoms with Gasteiger partial charge in [-0.1, -0.05) is 65.2 Å². The Kier molecular flexibility index (Phi) is 16.9. The summed E-state index contributed by atoms with van der Waals surface area (Å²) in [4.78, 5) is 23.6. The average Bonchev–Trinajstić information content (AvgIpc) is 2.56. The predicted molar refractivity (Wildman–Crippen MR) is 107 cm³/mol. The Hall–Kier alpha value is -0.510. The molecule has 0 fully saturated rings. The molecule has 4 heteroatoms. The molecule has 0 heterocycles. The zero-order chi connectivity index (χ0) is 18.0. The lowest BCUT2D eigenvalue weighted by Gasteiger charge is -2.15. The van der Waals surface area contributed by atoms with Crippen LogP contribution in [0.15, 0.2) is 0 Å². The number of ketones is 1. The molecule has 0 spiro atoms. The molecule has 1 N–H and O–H groups in total. The number of thioether (sulfide) groups is 1. The molecule has 24 heavy (non-hydrogen) atoms. The van der Waals surface area contributed by atoms with E-state index in [1.165, 1.54) is 44.9 Å². The number of carbonyl (C=O) groups excluding carboxylic acids is 2. The fourth-order valence-corrected chi connectivity index (χ4v) is 3.58. The van der Waals surface area contributed by atoms with Crippen molar-refractivity contribution in [1.29, 1.82) is 0 Å². The van der Waals surface area contributed by atoms with E-state index >= 15 is 0 Å². The molecule has 0 aliphatic carbocycles. The third-order valence-electron chi connectivity index (χ3n) is 4.23. The van der Waals surface area contributed by atoms with E-state index in [4.69, 9.17) is 0 Å². The van der Waals surface area contributed by atoms with Gasteiger partial charge in [-0.15, -0.1) is 0 Å². The molecule has 0 radical (unpaired) electrons. The Bertz CT molecular complexity index is 321. The molecule has 1 unspecified atom stereocenters. The number of carbonyl (C=O) groups is 2. The largest absolute Gasteiger partial charge is 0.346 e. The summed E-state index contributed by atoms with van der Waals surface area (Å²) >= 11 is 1.86. The zero-order valence-corrected chi connectivity index (χ0v) is 17.0. The van der Waals surface area contributed by atoms with Gasteiger partial charge in [-0.3, -0.25) is 9.59 Å². The van der Waals surface area contributed by atoms with Crippen molar-refractivity contribution in [2.24, 2.45) is 0 Å². The van der Waals surface area contributed by atoms with Crippen molar-refractivity contribution in [3.05, 3.63) is 0 Å². The second-order valence-corrected chi connectivity index (χ2v) is 7.93. The third-order valence-corrected chi connectivity index (χ3v) is 5.45. The highest BCUT2D eigenvalue weighted by Crippen LogP contribution is 2.11. The summed E-state index contributed by atoms with van der Waals surface area (Å²) in [7, 11) is 0. The fraction of sp³-hybridized carbons (Fsp3) is 0.900. The summed E-state index contributed by atoms with van der Waals surface area (Å²) in [5, 5.41) is 2.92. The number of nitrogens with one attached hydrogen (secondary N) is 1. The highest BCUT2D eigenvalue weighted by Gasteiger charge is 2.16. The normalized spacial score (nSPS) is 12.1. The lowest BCUT2D eigenvalue weighted by atomic mass is 10.1. The Morgan fingerprint density at radius 2 is 1.42 bits per heavy atom. The summed E-state index contributed by atoms with van der Waals surface area (Å²) in [5.41, 5.74) is 0. The van der Waals surface area contributed by atoms with Crippen LogP contribution in [0.25, 0.3) is 0 Å². The lowest BCUT2D eigenvalue weighted by Crippen LogP contribution is -2.40. The Morgan fingerprint density at radius 3 is 1.96 bits per heavy atom. The molecular formula is C20H39NO2S. The van der Waals surface area contributed by atoms with Crippen molar-refractivity contribution >= 4 is 23.5 Å². The van der Waals surface area contributed by atoms with Gasteiger partial charge in [0, 0.05) is 6.42 Å². The number of rotatable bonds is 17. The molecule has 0 aliphatic heterocycles. The monoisotopic (exact) mass is 357 g/mol. The summed E-state index contributed by atoms with van der Waals surface area (Å²) in [6, 6.07) is -0.291. The molecule has 0 aromatic rings. The maximum atomic E-state index is 12.0. The topological polar surface area (TPSA) is 46.2 Å². The average molecular weight is 358 g/mol. The van der Waals surface area contributed by atoms with Gasteiger partial charge >= 0.3 is 0 Å². The van der Waals surface area contributed by atoms with Gasteiger partial charge in [0.05, 0.1) is 6.04 Å². The molecular weight excluding hydrogens is 318 g/mol. The van der Waals surface area contributed by atoms with Gasteiger partial charge in [-0.2, -0.15) is 11.8 Å². The van der Waals surface area contributed by atoms with E-state index in [-0.39, 0.29) is 17.7 Å². The summed E-state index contributed by atoms with van der Waals surface area (Å²) in [6.45, 7) is 5.97. The van der Waals surface area contributed by atoms with Crippen LogP contribution < -0.4 is 5.32 Å². The van der Waals surface area contributed by atoms with E-state index in [9.17, 15) is 9.59 Å². The molecule has 1 atom stereocenters. The van der Waals surface area contributed by atoms with Gasteiger partial charge in [0.15, 0.2) is 5.78 Å². The molecule has 0 saturated heterocycles. The molecule has 0 rings (SSSR count). The smallest absolute Gasteiger partial charge is 0.220 e. The van der Waals surface area contributed by atoms with E-state index in [1.54, 1.807) is 6.92 Å². The van der Waals surface area contributed by atoms with Crippen LogP contribution in [0.2, 0.25) is 0 Å². The van der Waals surface area contributed by atoms with Gasteiger partial charge in [0.2, 0.25) is 5.91 Å². The van der Waals surface area contributed by atoms with Crippen LogP contribution in [0.5, 0.6) is 0 Å². The van der Waals surface area contributed by atoms with Crippen LogP contribution in [0.3, 0.4) is 0 Å². The maximum absolute atomic E-state index is 12.0. The van der Waals surface area contributed by atoms with E-state index in [2.05, 4.69) is 19.2 Å². The second-order valence-electron chi connectivity index (χ2n) is 6.71. The van der Waals surface area contributed by atoms with E-state index in [0.29, 0.717) is 6.42 Å². The molecule has 0 bridgehead atoms. The fourth-order valence-electron chi connectivity index (χ4n) is 2.69. The van der Waals surface area contributed by atoms with E-state index in [0.717, 1.165) is 37.2 Å². The zero-order valence-electron chi connectivity index (χ0n) is 16.2. The van der Waals surface area contributed by atoms with Crippen LogP contribution in [-0.2, 0) is 9.59 Å². The standard InChI is InChI=1S/C20H39NO2S/c1-4-6-7-8-9-10-11-12-13-14-20(23)21-19(18(3)22)15-17-24-16-5-2/h19H,4-17H2,1-3H3,(H,21,23). The van der Waals surface area contributed by atoms with Crippen LogP contribution in [0, 0.1) is 0 Å². The van der Waals surface area contributed by atoms with E-state index < -0.39 is 0 Å². The predicted octanol–water partition coefficient (Wildman–Crippen LogP) is 5.51. The molecule has 1 amide bonds. The van der Waals surface area contributed by atoms with Gasteiger partial charge in [-0.25, -0.2) is 0 Å². The molecule has 0 saturated carbocycles. The quantitative estimate of drug-likeness (QED) is 0.349. The van der Waals surface area contributed by atoms with Crippen LogP contribution in [0.1, 0.15) is 97.8 Å². The van der Waals surface area contributed by atoms with Crippen molar-refractivity contribution in [3.8, 4) is 0 Å². The minimum Gasteiger partial charge on any atom is -0.346 e. The molecule has 0 aromatic carbocycles. The van der Waals surface area contributed by atoms with Crippen molar-refractivity contribution in [1.82, 2.24) is 5.32 Å². The third kappa shape index (κ3) is 15.0.